The molecule has 0 aromatic heterocycles. The first kappa shape index (κ1) is 17.6. The summed E-state index contributed by atoms with van der Waals surface area (Å²) in [5.74, 6) is -1.17. The van der Waals surface area contributed by atoms with Crippen LogP contribution in [0.2, 0.25) is 0 Å². The Hall–Kier alpha value is -1.47. The van der Waals surface area contributed by atoms with Crippen molar-refractivity contribution in [2.75, 3.05) is 7.11 Å². The van der Waals surface area contributed by atoms with Crippen molar-refractivity contribution in [3.05, 3.63) is 29.6 Å². The lowest BCUT2D eigenvalue weighted by atomic mass is 9.87. The summed E-state index contributed by atoms with van der Waals surface area (Å²) in [5.41, 5.74) is -0.460. The number of aryl methyl sites for hydroxylation is 1. The molecule has 1 atom stereocenters. The number of halogens is 1. The Morgan fingerprint density at radius 1 is 1.33 bits per heavy atom. The minimum absolute atomic E-state index is 0.0976. The monoisotopic (exact) mass is 317 g/mol. The van der Waals surface area contributed by atoms with E-state index in [1.165, 1.54) is 20.1 Å². The van der Waals surface area contributed by atoms with Crippen molar-refractivity contribution in [2.24, 2.45) is 5.41 Å². The second-order valence-electron chi connectivity index (χ2n) is 5.85. The van der Waals surface area contributed by atoms with Gasteiger partial charge >= 0.3 is 5.97 Å². The van der Waals surface area contributed by atoms with Gasteiger partial charge in [-0.15, -0.1) is 0 Å². The van der Waals surface area contributed by atoms with Crippen LogP contribution in [-0.4, -0.2) is 27.5 Å². The number of carbonyl (C=O) groups excluding carboxylic acids is 1. The van der Waals surface area contributed by atoms with Crippen LogP contribution in [0.3, 0.4) is 0 Å². The van der Waals surface area contributed by atoms with Gasteiger partial charge in [0.05, 0.1) is 12.0 Å². The van der Waals surface area contributed by atoms with Crippen LogP contribution >= 0.6 is 0 Å². The first-order chi connectivity index (χ1) is 9.49. The second-order valence-corrected chi connectivity index (χ2v) is 7.57. The molecule has 1 rings (SSSR count). The molecule has 0 amide bonds. The Bertz CT molecular complexity index is 635. The lowest BCUT2D eigenvalue weighted by molar-refractivity contribution is -0.145. The topological polar surface area (TPSA) is 72.5 Å². The van der Waals surface area contributed by atoms with Gasteiger partial charge in [-0.1, -0.05) is 20.8 Å². The van der Waals surface area contributed by atoms with E-state index >= 15 is 0 Å². The van der Waals surface area contributed by atoms with Crippen LogP contribution < -0.4 is 4.72 Å². The highest BCUT2D eigenvalue weighted by atomic mass is 32.2. The molecule has 0 radical (unpaired) electrons. The van der Waals surface area contributed by atoms with Crippen molar-refractivity contribution in [3.8, 4) is 0 Å². The molecule has 0 fully saturated rings. The Morgan fingerprint density at radius 3 is 2.33 bits per heavy atom. The van der Waals surface area contributed by atoms with Crippen molar-refractivity contribution in [3.63, 3.8) is 0 Å². The van der Waals surface area contributed by atoms with Gasteiger partial charge < -0.3 is 4.74 Å². The zero-order valence-corrected chi connectivity index (χ0v) is 13.5. The number of benzene rings is 1. The molecule has 1 aromatic carbocycles. The van der Waals surface area contributed by atoms with E-state index in [0.717, 1.165) is 12.1 Å². The maximum atomic E-state index is 13.2. The van der Waals surface area contributed by atoms with Crippen LogP contribution in [0.4, 0.5) is 4.39 Å². The summed E-state index contributed by atoms with van der Waals surface area (Å²) < 4.78 is 44.9. The normalized spacial score (nSPS) is 13.8. The first-order valence-electron chi connectivity index (χ1n) is 6.35. The van der Waals surface area contributed by atoms with Gasteiger partial charge in [0.15, 0.2) is 0 Å². The van der Waals surface area contributed by atoms with Gasteiger partial charge in [-0.25, -0.2) is 12.8 Å². The summed E-state index contributed by atoms with van der Waals surface area (Å²) in [6, 6.07) is 2.41. The number of methoxy groups -OCH3 is 1. The fourth-order valence-electron chi connectivity index (χ4n) is 1.70. The summed E-state index contributed by atoms with van der Waals surface area (Å²) in [6.45, 7) is 6.61. The molecule has 1 aromatic rings. The molecule has 0 saturated heterocycles. The number of carbonyl (C=O) groups is 1. The van der Waals surface area contributed by atoms with E-state index in [-0.39, 0.29) is 10.5 Å². The van der Waals surface area contributed by atoms with Crippen LogP contribution in [0.15, 0.2) is 23.1 Å². The van der Waals surface area contributed by atoms with Gasteiger partial charge in [0.1, 0.15) is 11.9 Å². The third-order valence-corrected chi connectivity index (χ3v) is 4.44. The van der Waals surface area contributed by atoms with Crippen LogP contribution in [0.25, 0.3) is 0 Å². The number of sulfonamides is 1. The van der Waals surface area contributed by atoms with E-state index in [1.807, 2.05) is 0 Å². The SMILES string of the molecule is COC(=O)C(NS(=O)(=O)c1ccc(F)c(C)c1)C(C)(C)C. The van der Waals surface area contributed by atoms with E-state index in [2.05, 4.69) is 9.46 Å². The zero-order chi connectivity index (χ0) is 16.4. The Balaban J connectivity index is 3.17. The maximum Gasteiger partial charge on any atom is 0.324 e. The van der Waals surface area contributed by atoms with Crippen molar-refractivity contribution < 1.29 is 22.3 Å². The number of nitrogens with one attached hydrogen (secondary N) is 1. The van der Waals surface area contributed by atoms with Gasteiger partial charge in [0.25, 0.3) is 0 Å². The first-order valence-corrected chi connectivity index (χ1v) is 7.83. The highest BCUT2D eigenvalue weighted by molar-refractivity contribution is 7.89. The highest BCUT2D eigenvalue weighted by Gasteiger charge is 2.36. The summed E-state index contributed by atoms with van der Waals surface area (Å²) >= 11 is 0. The maximum absolute atomic E-state index is 13.2. The van der Waals surface area contributed by atoms with Crippen molar-refractivity contribution in [1.29, 1.82) is 0 Å². The number of ether oxygens (including phenoxy) is 1. The largest absolute Gasteiger partial charge is 0.468 e. The van der Waals surface area contributed by atoms with Gasteiger partial charge in [0, 0.05) is 0 Å². The van der Waals surface area contributed by atoms with E-state index in [0.29, 0.717) is 0 Å². The molecule has 0 spiro atoms. The molecule has 1 unspecified atom stereocenters. The van der Waals surface area contributed by atoms with Crippen LogP contribution in [-0.2, 0) is 19.6 Å². The molecule has 0 heterocycles. The van der Waals surface area contributed by atoms with E-state index in [9.17, 15) is 17.6 Å². The smallest absolute Gasteiger partial charge is 0.324 e. The summed E-state index contributed by atoms with van der Waals surface area (Å²) in [7, 11) is -2.76. The van der Waals surface area contributed by atoms with Crippen LogP contribution in [0.5, 0.6) is 0 Å². The van der Waals surface area contributed by atoms with Gasteiger partial charge in [-0.05, 0) is 36.1 Å². The Labute approximate surface area is 124 Å². The fourth-order valence-corrected chi connectivity index (χ4v) is 3.18. The molecule has 0 bridgehead atoms. The molecule has 5 nitrogen and oxygen atoms in total. The lowest BCUT2D eigenvalue weighted by Gasteiger charge is -2.28. The minimum Gasteiger partial charge on any atom is -0.468 e. The molecule has 0 aliphatic rings. The quantitative estimate of drug-likeness (QED) is 0.862. The number of esters is 1. The third kappa shape index (κ3) is 4.25. The number of hydrogen-bond donors (Lipinski definition) is 1. The zero-order valence-electron chi connectivity index (χ0n) is 12.7. The molecule has 21 heavy (non-hydrogen) atoms. The third-order valence-electron chi connectivity index (χ3n) is 3.02. The molecular weight excluding hydrogens is 297 g/mol. The molecular formula is C14H20FNO4S. The summed E-state index contributed by atoms with van der Waals surface area (Å²) in [6.07, 6.45) is 0. The van der Waals surface area contributed by atoms with Gasteiger partial charge in [-0.3, -0.25) is 4.79 Å². The fraction of sp³-hybridized carbons (Fsp3) is 0.500. The standard InChI is InChI=1S/C14H20FNO4S/c1-9-8-10(6-7-11(9)15)21(18,19)16-12(13(17)20-5)14(2,3)4/h6-8,12,16H,1-5H3. The van der Waals surface area contributed by atoms with Crippen LogP contribution in [0.1, 0.15) is 26.3 Å². The molecule has 1 N–H and O–H groups in total. The number of rotatable bonds is 4. The Morgan fingerprint density at radius 2 is 1.90 bits per heavy atom. The minimum atomic E-state index is -3.95. The molecule has 118 valence electrons. The van der Waals surface area contributed by atoms with Gasteiger partial charge in [-0.2, -0.15) is 4.72 Å². The van der Waals surface area contributed by atoms with E-state index in [4.69, 9.17) is 0 Å². The predicted octanol–water partition coefficient (Wildman–Crippen LogP) is 2.00. The van der Waals surface area contributed by atoms with Crippen LogP contribution in [0, 0.1) is 18.2 Å². The second kappa shape index (κ2) is 6.11. The predicted molar refractivity (Wildman–Crippen MR) is 76.7 cm³/mol. The van der Waals surface area contributed by atoms with Crippen molar-refractivity contribution in [1.82, 2.24) is 4.72 Å². The summed E-state index contributed by atoms with van der Waals surface area (Å²) in [5, 5.41) is 0. The molecule has 0 aliphatic heterocycles. The van der Waals surface area contributed by atoms with Gasteiger partial charge in [0.2, 0.25) is 10.0 Å². The van der Waals surface area contributed by atoms with Crippen molar-refractivity contribution >= 4 is 16.0 Å². The highest BCUT2D eigenvalue weighted by Crippen LogP contribution is 2.23. The molecule has 7 heteroatoms. The van der Waals surface area contributed by atoms with Crippen molar-refractivity contribution in [2.45, 2.75) is 38.6 Å². The Kier molecular flexibility index (Phi) is 5.11. The lowest BCUT2D eigenvalue weighted by Crippen LogP contribution is -2.49. The average molecular weight is 317 g/mol. The average Bonchev–Trinajstić information content (AvgIpc) is 2.37. The summed E-state index contributed by atoms with van der Waals surface area (Å²) in [4.78, 5) is 11.7. The van der Waals surface area contributed by atoms with E-state index < -0.39 is 33.3 Å². The van der Waals surface area contributed by atoms with E-state index in [1.54, 1.807) is 20.8 Å². The molecule has 0 aliphatic carbocycles. The molecule has 0 saturated carbocycles. The number of hydrogen-bond acceptors (Lipinski definition) is 4.